The summed E-state index contributed by atoms with van der Waals surface area (Å²) in [6, 6.07) is 6.26. The molecule has 2 aromatic rings. The molecule has 4 heteroatoms. The number of nitrogens with zero attached hydrogens (tertiary/aromatic N) is 1. The summed E-state index contributed by atoms with van der Waals surface area (Å²) in [4.78, 5) is 3.29. The number of fused-ring (bicyclic) bond motifs is 1. The molecule has 1 aromatic carbocycles. The number of rotatable bonds is 4. The molecule has 0 bridgehead atoms. The monoisotopic (exact) mass is 340 g/mol. The molecule has 2 rings (SSSR count). The van der Waals surface area contributed by atoms with Gasteiger partial charge in [-0.15, -0.1) is 0 Å². The zero-order valence-electron chi connectivity index (χ0n) is 11.9. The SMILES string of the molecule is CC(C)C(Cn1c(=S)[nH]c2ccc(Br)cc21)C(C)C. The molecule has 0 amide bonds. The first-order chi connectivity index (χ1) is 8.90. The number of hydrogen-bond donors (Lipinski definition) is 1. The van der Waals surface area contributed by atoms with Crippen LogP contribution in [-0.4, -0.2) is 9.55 Å². The van der Waals surface area contributed by atoms with Crippen molar-refractivity contribution in [2.45, 2.75) is 34.2 Å². The third-order valence-electron chi connectivity index (χ3n) is 3.84. The molecule has 0 atom stereocenters. The Morgan fingerprint density at radius 2 is 1.84 bits per heavy atom. The third-order valence-corrected chi connectivity index (χ3v) is 4.66. The molecular formula is C15H21BrN2S. The van der Waals surface area contributed by atoms with Crippen molar-refractivity contribution in [3.8, 4) is 0 Å². The van der Waals surface area contributed by atoms with Crippen molar-refractivity contribution in [2.24, 2.45) is 17.8 Å². The quantitative estimate of drug-likeness (QED) is 0.740. The van der Waals surface area contributed by atoms with Gasteiger partial charge in [0.05, 0.1) is 11.0 Å². The predicted molar refractivity (Wildman–Crippen MR) is 88.0 cm³/mol. The zero-order valence-corrected chi connectivity index (χ0v) is 14.3. The lowest BCUT2D eigenvalue weighted by molar-refractivity contribution is 0.253. The van der Waals surface area contributed by atoms with E-state index < -0.39 is 0 Å². The summed E-state index contributed by atoms with van der Waals surface area (Å²) in [5.74, 6) is 1.93. The van der Waals surface area contributed by atoms with Crippen LogP contribution < -0.4 is 0 Å². The molecule has 2 nitrogen and oxygen atoms in total. The van der Waals surface area contributed by atoms with Crippen LogP contribution >= 0.6 is 28.1 Å². The molecule has 1 N–H and O–H groups in total. The number of hydrogen-bond acceptors (Lipinski definition) is 1. The highest BCUT2D eigenvalue weighted by molar-refractivity contribution is 9.10. The van der Waals surface area contributed by atoms with Gasteiger partial charge in [-0.1, -0.05) is 43.6 Å². The maximum Gasteiger partial charge on any atom is 0.178 e. The van der Waals surface area contributed by atoms with E-state index >= 15 is 0 Å². The smallest absolute Gasteiger partial charge is 0.178 e. The first kappa shape index (κ1) is 14.8. The summed E-state index contributed by atoms with van der Waals surface area (Å²) >= 11 is 9.02. The Morgan fingerprint density at radius 3 is 2.42 bits per heavy atom. The Kier molecular flexibility index (Phi) is 4.51. The molecule has 0 aliphatic rings. The van der Waals surface area contributed by atoms with Gasteiger partial charge in [0, 0.05) is 11.0 Å². The summed E-state index contributed by atoms with van der Waals surface area (Å²) in [7, 11) is 0. The predicted octanol–water partition coefficient (Wildman–Crippen LogP) is 5.39. The first-order valence-corrected chi connectivity index (χ1v) is 7.98. The number of aromatic amines is 1. The Hall–Kier alpha value is -0.610. The van der Waals surface area contributed by atoms with Gasteiger partial charge < -0.3 is 9.55 Å². The van der Waals surface area contributed by atoms with Crippen molar-refractivity contribution < 1.29 is 0 Å². The molecule has 0 fully saturated rings. The van der Waals surface area contributed by atoms with E-state index in [1.807, 2.05) is 6.07 Å². The van der Waals surface area contributed by atoms with E-state index in [9.17, 15) is 0 Å². The van der Waals surface area contributed by atoms with E-state index in [-0.39, 0.29) is 0 Å². The van der Waals surface area contributed by atoms with Gasteiger partial charge in [-0.3, -0.25) is 0 Å². The standard InChI is InChI=1S/C15H21BrN2S/c1-9(2)12(10(3)4)8-18-14-7-11(16)5-6-13(14)17-15(18)19/h5-7,9-10,12H,8H2,1-4H3,(H,17,19). The summed E-state index contributed by atoms with van der Waals surface area (Å²) in [6.45, 7) is 10.1. The minimum Gasteiger partial charge on any atom is -0.331 e. The van der Waals surface area contributed by atoms with Crippen LogP contribution in [0.15, 0.2) is 22.7 Å². The molecule has 0 aliphatic heterocycles. The minimum atomic E-state index is 0.629. The van der Waals surface area contributed by atoms with Gasteiger partial charge in [0.1, 0.15) is 0 Å². The third kappa shape index (κ3) is 3.11. The van der Waals surface area contributed by atoms with Crippen molar-refractivity contribution in [3.63, 3.8) is 0 Å². The van der Waals surface area contributed by atoms with Gasteiger partial charge in [0.15, 0.2) is 4.77 Å². The van der Waals surface area contributed by atoms with Crippen LogP contribution in [0.25, 0.3) is 11.0 Å². The number of imidazole rings is 1. The van der Waals surface area contributed by atoms with E-state index in [2.05, 4.69) is 65.3 Å². The van der Waals surface area contributed by atoms with Crippen LogP contribution in [0, 0.1) is 22.5 Å². The summed E-state index contributed by atoms with van der Waals surface area (Å²) in [6.07, 6.45) is 0. The molecule has 19 heavy (non-hydrogen) atoms. The second-order valence-electron chi connectivity index (χ2n) is 5.85. The maximum absolute atomic E-state index is 5.48. The van der Waals surface area contributed by atoms with Crippen LogP contribution in [0.2, 0.25) is 0 Å². The number of benzene rings is 1. The van der Waals surface area contributed by atoms with Crippen LogP contribution in [0.4, 0.5) is 0 Å². The molecule has 0 aliphatic carbocycles. The fourth-order valence-corrected chi connectivity index (χ4v) is 3.34. The van der Waals surface area contributed by atoms with Crippen molar-refractivity contribution in [1.29, 1.82) is 0 Å². The second-order valence-corrected chi connectivity index (χ2v) is 7.16. The Morgan fingerprint density at radius 1 is 1.21 bits per heavy atom. The zero-order chi connectivity index (χ0) is 14.2. The molecular weight excluding hydrogens is 320 g/mol. The van der Waals surface area contributed by atoms with Crippen LogP contribution in [0.3, 0.4) is 0 Å². The molecule has 1 heterocycles. The minimum absolute atomic E-state index is 0.629. The van der Waals surface area contributed by atoms with E-state index in [1.54, 1.807) is 0 Å². The first-order valence-electron chi connectivity index (χ1n) is 6.78. The second kappa shape index (κ2) is 5.80. The lowest BCUT2D eigenvalue weighted by Crippen LogP contribution is -2.21. The summed E-state index contributed by atoms with van der Waals surface area (Å²) < 4.78 is 4.15. The Labute approximate surface area is 128 Å². The number of nitrogens with one attached hydrogen (secondary N) is 1. The van der Waals surface area contributed by atoms with Gasteiger partial charge in [0.2, 0.25) is 0 Å². The van der Waals surface area contributed by atoms with Crippen molar-refractivity contribution >= 4 is 39.2 Å². The van der Waals surface area contributed by atoms with E-state index in [0.717, 1.165) is 21.3 Å². The summed E-state index contributed by atoms with van der Waals surface area (Å²) in [5.41, 5.74) is 2.30. The molecule has 0 saturated carbocycles. The molecule has 104 valence electrons. The van der Waals surface area contributed by atoms with Crippen LogP contribution in [0.5, 0.6) is 0 Å². The summed E-state index contributed by atoms with van der Waals surface area (Å²) in [5, 5.41) is 0. The fraction of sp³-hybridized carbons (Fsp3) is 0.533. The average Bonchev–Trinajstić information content (AvgIpc) is 2.60. The Balaban J connectivity index is 2.47. The topological polar surface area (TPSA) is 20.7 Å². The van der Waals surface area contributed by atoms with Crippen molar-refractivity contribution in [1.82, 2.24) is 9.55 Å². The lowest BCUT2D eigenvalue weighted by atomic mass is 9.85. The molecule has 1 aromatic heterocycles. The van der Waals surface area contributed by atoms with E-state index in [0.29, 0.717) is 17.8 Å². The molecule has 0 saturated heterocycles. The normalized spacial score (nSPS) is 12.2. The van der Waals surface area contributed by atoms with Gasteiger partial charge in [-0.2, -0.15) is 0 Å². The lowest BCUT2D eigenvalue weighted by Gasteiger charge is -2.25. The molecule has 0 unspecified atom stereocenters. The number of H-pyrrole nitrogens is 1. The Bertz CT molecular complexity index is 617. The highest BCUT2D eigenvalue weighted by atomic mass is 79.9. The van der Waals surface area contributed by atoms with Gasteiger partial charge >= 0.3 is 0 Å². The maximum atomic E-state index is 5.48. The fourth-order valence-electron chi connectivity index (χ4n) is 2.71. The largest absolute Gasteiger partial charge is 0.331 e. The highest BCUT2D eigenvalue weighted by Gasteiger charge is 2.19. The average molecular weight is 341 g/mol. The van der Waals surface area contributed by atoms with Gasteiger partial charge in [-0.25, -0.2) is 0 Å². The molecule has 0 spiro atoms. The van der Waals surface area contributed by atoms with Crippen molar-refractivity contribution in [2.75, 3.05) is 0 Å². The van der Waals surface area contributed by atoms with Gasteiger partial charge in [-0.05, 0) is 48.2 Å². The van der Waals surface area contributed by atoms with E-state index in [4.69, 9.17) is 12.2 Å². The number of halogens is 1. The molecule has 0 radical (unpaired) electrons. The van der Waals surface area contributed by atoms with E-state index in [1.165, 1.54) is 5.52 Å². The van der Waals surface area contributed by atoms with Crippen molar-refractivity contribution in [3.05, 3.63) is 27.4 Å². The number of aromatic nitrogens is 2. The van der Waals surface area contributed by atoms with Crippen LogP contribution in [-0.2, 0) is 6.54 Å². The highest BCUT2D eigenvalue weighted by Crippen LogP contribution is 2.26. The van der Waals surface area contributed by atoms with Gasteiger partial charge in [0.25, 0.3) is 0 Å². The van der Waals surface area contributed by atoms with Crippen LogP contribution in [0.1, 0.15) is 27.7 Å².